The Morgan fingerprint density at radius 3 is 2.66 bits per heavy atom. The molecule has 1 aliphatic heterocycles. The second kappa shape index (κ2) is 10.2. The lowest BCUT2D eigenvalue weighted by Crippen LogP contribution is -2.38. The van der Waals surface area contributed by atoms with E-state index in [0.717, 1.165) is 30.8 Å². The number of thioether (sulfide) groups is 1. The molecular formula is C21H24N4O4S3. The van der Waals surface area contributed by atoms with Crippen molar-refractivity contribution in [2.45, 2.75) is 36.4 Å². The van der Waals surface area contributed by atoms with Gasteiger partial charge >= 0.3 is 0 Å². The summed E-state index contributed by atoms with van der Waals surface area (Å²) in [5.41, 5.74) is 0.609. The highest BCUT2D eigenvalue weighted by atomic mass is 32.2. The Morgan fingerprint density at radius 2 is 1.97 bits per heavy atom. The van der Waals surface area contributed by atoms with E-state index in [1.165, 1.54) is 35.2 Å². The number of thiophene rings is 1. The Labute approximate surface area is 195 Å². The Morgan fingerprint density at radius 1 is 1.22 bits per heavy atom. The van der Waals surface area contributed by atoms with E-state index in [9.17, 15) is 13.2 Å². The molecule has 0 aliphatic carbocycles. The zero-order valence-electron chi connectivity index (χ0n) is 17.6. The average Bonchev–Trinajstić information content (AvgIpc) is 3.49. The van der Waals surface area contributed by atoms with Crippen molar-refractivity contribution < 1.29 is 17.6 Å². The van der Waals surface area contributed by atoms with Gasteiger partial charge in [0.25, 0.3) is 5.22 Å². The normalized spacial score (nSPS) is 15.2. The molecule has 1 aromatic carbocycles. The maximum atomic E-state index is 12.5. The van der Waals surface area contributed by atoms with Crippen LogP contribution in [0.2, 0.25) is 0 Å². The summed E-state index contributed by atoms with van der Waals surface area (Å²) in [7, 11) is -3.62. The van der Waals surface area contributed by atoms with Gasteiger partial charge in [-0.1, -0.05) is 24.8 Å². The van der Waals surface area contributed by atoms with Gasteiger partial charge in [-0.25, -0.2) is 13.1 Å². The Bertz CT molecular complexity index is 1140. The minimum absolute atomic E-state index is 0.0752. The molecule has 8 nitrogen and oxygen atoms in total. The minimum Gasteiger partial charge on any atom is -0.411 e. The van der Waals surface area contributed by atoms with Crippen LogP contribution in [0.25, 0.3) is 11.5 Å². The van der Waals surface area contributed by atoms with Crippen molar-refractivity contribution >= 4 is 39.0 Å². The molecule has 1 saturated heterocycles. The molecule has 0 spiro atoms. The molecule has 1 aliphatic rings. The summed E-state index contributed by atoms with van der Waals surface area (Å²) >= 11 is 2.71. The number of likely N-dealkylation sites (tertiary alicyclic amines) is 1. The average molecular weight is 493 g/mol. The van der Waals surface area contributed by atoms with Gasteiger partial charge in [-0.05, 0) is 54.5 Å². The number of rotatable bonds is 8. The van der Waals surface area contributed by atoms with Crippen molar-refractivity contribution in [3.05, 3.63) is 46.7 Å². The number of carbonyl (C=O) groups is 1. The van der Waals surface area contributed by atoms with Crippen molar-refractivity contribution in [1.29, 1.82) is 0 Å². The first kappa shape index (κ1) is 23.0. The number of amides is 1. The minimum atomic E-state index is -3.62. The van der Waals surface area contributed by atoms with Crippen LogP contribution in [0.1, 0.15) is 24.6 Å². The predicted molar refractivity (Wildman–Crippen MR) is 124 cm³/mol. The largest absolute Gasteiger partial charge is 0.411 e. The second-order valence-electron chi connectivity index (χ2n) is 7.65. The highest BCUT2D eigenvalue weighted by Crippen LogP contribution is 2.25. The van der Waals surface area contributed by atoms with E-state index in [-0.39, 0.29) is 29.0 Å². The van der Waals surface area contributed by atoms with E-state index < -0.39 is 10.0 Å². The van der Waals surface area contributed by atoms with Crippen LogP contribution in [0.15, 0.2) is 56.3 Å². The summed E-state index contributed by atoms with van der Waals surface area (Å²) in [4.78, 5) is 15.4. The van der Waals surface area contributed by atoms with Crippen LogP contribution in [0, 0.1) is 5.92 Å². The van der Waals surface area contributed by atoms with Crippen molar-refractivity contribution in [3.63, 3.8) is 0 Å². The van der Waals surface area contributed by atoms with E-state index in [0.29, 0.717) is 16.7 Å². The van der Waals surface area contributed by atoms with Crippen LogP contribution in [0.5, 0.6) is 0 Å². The second-order valence-corrected chi connectivity index (χ2v) is 11.4. The lowest BCUT2D eigenvalue weighted by atomic mass is 9.99. The molecule has 1 amide bonds. The summed E-state index contributed by atoms with van der Waals surface area (Å²) < 4.78 is 33.2. The highest BCUT2D eigenvalue weighted by Gasteiger charge is 2.21. The van der Waals surface area contributed by atoms with E-state index in [1.807, 2.05) is 22.4 Å². The van der Waals surface area contributed by atoms with Gasteiger partial charge in [-0.2, -0.15) is 0 Å². The maximum Gasteiger partial charge on any atom is 0.277 e. The fraction of sp³-hybridized carbons (Fsp3) is 0.381. The number of piperidine rings is 1. The van der Waals surface area contributed by atoms with Crippen LogP contribution in [-0.2, 0) is 21.4 Å². The summed E-state index contributed by atoms with van der Waals surface area (Å²) in [5, 5.41) is 10.2. The SMILES string of the molecule is CC1CCN(C(=O)CSc2nnc(-c3ccc(S(=O)(=O)NCc4cccs4)cc3)o2)CC1. The summed E-state index contributed by atoms with van der Waals surface area (Å²) in [6.45, 7) is 4.06. The Balaban J connectivity index is 1.33. The molecular weight excluding hydrogens is 468 g/mol. The van der Waals surface area contributed by atoms with Gasteiger partial charge < -0.3 is 9.32 Å². The smallest absolute Gasteiger partial charge is 0.277 e. The molecule has 0 unspecified atom stereocenters. The molecule has 1 fully saturated rings. The number of sulfonamides is 1. The van der Waals surface area contributed by atoms with Crippen LogP contribution in [0.3, 0.4) is 0 Å². The number of nitrogens with zero attached hydrogens (tertiary/aromatic N) is 3. The van der Waals surface area contributed by atoms with Gasteiger partial charge in [0.2, 0.25) is 21.8 Å². The van der Waals surface area contributed by atoms with E-state index in [4.69, 9.17) is 4.42 Å². The summed E-state index contributed by atoms with van der Waals surface area (Å²) in [6.07, 6.45) is 2.08. The molecule has 3 aromatic rings. The molecule has 0 saturated carbocycles. The van der Waals surface area contributed by atoms with Gasteiger partial charge in [0, 0.05) is 30.1 Å². The number of hydrogen-bond donors (Lipinski definition) is 1. The van der Waals surface area contributed by atoms with E-state index >= 15 is 0 Å². The van der Waals surface area contributed by atoms with Gasteiger partial charge in [-0.15, -0.1) is 21.5 Å². The van der Waals surface area contributed by atoms with Gasteiger partial charge in [0.15, 0.2) is 0 Å². The van der Waals surface area contributed by atoms with Crippen LogP contribution in [0.4, 0.5) is 0 Å². The van der Waals surface area contributed by atoms with E-state index in [2.05, 4.69) is 21.8 Å². The standard InChI is InChI=1S/C21H24N4O4S3/c1-15-8-10-25(11-9-15)19(26)14-31-21-24-23-20(29-21)16-4-6-18(7-5-16)32(27,28)22-13-17-3-2-12-30-17/h2-7,12,15,22H,8-11,13-14H2,1H3. The third kappa shape index (κ3) is 5.77. The van der Waals surface area contributed by atoms with Crippen molar-refractivity contribution in [3.8, 4) is 11.5 Å². The number of carbonyl (C=O) groups excluding carboxylic acids is 1. The molecule has 0 atom stereocenters. The lowest BCUT2D eigenvalue weighted by Gasteiger charge is -2.30. The first-order valence-corrected chi connectivity index (χ1v) is 13.6. The molecule has 11 heteroatoms. The zero-order chi connectivity index (χ0) is 22.6. The van der Waals surface area contributed by atoms with Crippen LogP contribution < -0.4 is 4.72 Å². The van der Waals surface area contributed by atoms with Crippen molar-refractivity contribution in [1.82, 2.24) is 19.8 Å². The number of nitrogens with one attached hydrogen (secondary N) is 1. The highest BCUT2D eigenvalue weighted by molar-refractivity contribution is 7.99. The summed E-state index contributed by atoms with van der Waals surface area (Å²) in [5.74, 6) is 1.28. The quantitative estimate of drug-likeness (QED) is 0.479. The van der Waals surface area contributed by atoms with Gasteiger partial charge in [0.1, 0.15) is 0 Å². The predicted octanol–water partition coefficient (Wildman–Crippen LogP) is 3.63. The fourth-order valence-electron chi connectivity index (χ4n) is 3.30. The van der Waals surface area contributed by atoms with Crippen LogP contribution in [-0.4, -0.2) is 48.3 Å². The van der Waals surface area contributed by atoms with Crippen molar-refractivity contribution in [2.75, 3.05) is 18.8 Å². The first-order valence-electron chi connectivity index (χ1n) is 10.3. The van der Waals surface area contributed by atoms with E-state index in [1.54, 1.807) is 12.1 Å². The third-order valence-electron chi connectivity index (χ3n) is 5.29. The van der Waals surface area contributed by atoms with Gasteiger partial charge in [0.05, 0.1) is 10.6 Å². The maximum absolute atomic E-state index is 12.5. The molecule has 3 heterocycles. The topological polar surface area (TPSA) is 105 Å². The summed E-state index contributed by atoms with van der Waals surface area (Å²) in [6, 6.07) is 10.0. The molecule has 4 rings (SSSR count). The molecule has 32 heavy (non-hydrogen) atoms. The van der Waals surface area contributed by atoms with Crippen LogP contribution >= 0.6 is 23.1 Å². The first-order chi connectivity index (χ1) is 15.4. The molecule has 170 valence electrons. The Kier molecular flexibility index (Phi) is 7.29. The molecule has 2 aromatic heterocycles. The van der Waals surface area contributed by atoms with Gasteiger partial charge in [-0.3, -0.25) is 4.79 Å². The number of aromatic nitrogens is 2. The number of benzene rings is 1. The number of hydrogen-bond acceptors (Lipinski definition) is 8. The fourth-order valence-corrected chi connectivity index (χ4v) is 5.71. The molecule has 1 N–H and O–H groups in total. The molecule has 0 radical (unpaired) electrons. The molecule has 0 bridgehead atoms. The zero-order valence-corrected chi connectivity index (χ0v) is 20.0. The van der Waals surface area contributed by atoms with Crippen molar-refractivity contribution in [2.24, 2.45) is 5.92 Å². The lowest BCUT2D eigenvalue weighted by molar-refractivity contribution is -0.129. The monoisotopic (exact) mass is 492 g/mol. The Hall–Kier alpha value is -2.21. The third-order valence-corrected chi connectivity index (χ3v) is 8.39.